The third-order valence-corrected chi connectivity index (χ3v) is 1.77. The molecule has 1 rings (SSSR count). The number of rotatable bonds is 1. The van der Waals surface area contributed by atoms with Gasteiger partial charge in [-0.1, -0.05) is 23.8 Å². The molecule has 0 saturated carbocycles. The van der Waals surface area contributed by atoms with Crippen molar-refractivity contribution < 1.29 is 0 Å². The molecular weight excluding hydrogens is 122 g/mol. The molecule has 10 heavy (non-hydrogen) atoms. The van der Waals surface area contributed by atoms with E-state index in [1.165, 1.54) is 12.8 Å². The van der Waals surface area contributed by atoms with Gasteiger partial charge < -0.3 is 5.32 Å². The van der Waals surface area contributed by atoms with Gasteiger partial charge in [-0.3, -0.25) is 0 Å². The van der Waals surface area contributed by atoms with E-state index in [9.17, 15) is 0 Å². The lowest BCUT2D eigenvalue weighted by Gasteiger charge is -2.14. The fourth-order valence-corrected chi connectivity index (χ4v) is 1.15. The zero-order chi connectivity index (χ0) is 7.23. The Morgan fingerprint density at radius 1 is 1.30 bits per heavy atom. The maximum Gasteiger partial charge on any atom is -0.00114 e. The molecule has 0 amide bonds. The van der Waals surface area contributed by atoms with E-state index < -0.39 is 0 Å². The van der Waals surface area contributed by atoms with Crippen LogP contribution in [0.15, 0.2) is 23.8 Å². The smallest absolute Gasteiger partial charge is 0.00114 e. The number of hydrogen-bond donors (Lipinski definition) is 1. The van der Waals surface area contributed by atoms with E-state index in [4.69, 9.17) is 0 Å². The topological polar surface area (TPSA) is 12.0 Å². The van der Waals surface area contributed by atoms with E-state index >= 15 is 0 Å². The lowest BCUT2D eigenvalue weighted by molar-refractivity contribution is 0.610. The van der Waals surface area contributed by atoms with Crippen molar-refractivity contribution in [3.8, 4) is 0 Å². The molecule has 0 bridgehead atoms. The maximum atomic E-state index is 3.33. The quantitative estimate of drug-likeness (QED) is 0.581. The van der Waals surface area contributed by atoms with Crippen LogP contribution in [0.4, 0.5) is 0 Å². The van der Waals surface area contributed by atoms with E-state index in [2.05, 4.69) is 30.5 Å². The number of piperidine rings is 1. The van der Waals surface area contributed by atoms with Crippen molar-refractivity contribution in [2.75, 3.05) is 13.1 Å². The van der Waals surface area contributed by atoms with Gasteiger partial charge in [0, 0.05) is 0 Å². The van der Waals surface area contributed by atoms with Crippen molar-refractivity contribution in [1.29, 1.82) is 0 Å². The summed E-state index contributed by atoms with van der Waals surface area (Å²) in [5, 5.41) is 3.33. The molecule has 0 atom stereocenters. The minimum atomic E-state index is 1.16. The Balaban J connectivity index is 2.37. The first-order valence-corrected chi connectivity index (χ1v) is 3.95. The SMILES string of the molecule is C/C=C/C=C1CCNCC1. The highest BCUT2D eigenvalue weighted by Crippen LogP contribution is 2.09. The van der Waals surface area contributed by atoms with Gasteiger partial charge in [0.05, 0.1) is 0 Å². The fourth-order valence-electron chi connectivity index (χ4n) is 1.15. The lowest BCUT2D eigenvalue weighted by Crippen LogP contribution is -2.22. The molecule has 0 aromatic rings. The van der Waals surface area contributed by atoms with Gasteiger partial charge in [-0.2, -0.15) is 0 Å². The molecule has 0 spiro atoms. The summed E-state index contributed by atoms with van der Waals surface area (Å²) >= 11 is 0. The van der Waals surface area contributed by atoms with E-state index in [1.54, 1.807) is 5.57 Å². The molecule has 1 aliphatic heterocycles. The van der Waals surface area contributed by atoms with Crippen molar-refractivity contribution in [3.63, 3.8) is 0 Å². The molecule has 0 aliphatic carbocycles. The van der Waals surface area contributed by atoms with E-state index in [0.29, 0.717) is 0 Å². The maximum absolute atomic E-state index is 3.33. The Hall–Kier alpha value is -0.560. The number of allylic oxidation sites excluding steroid dienone is 3. The first kappa shape index (κ1) is 7.55. The van der Waals surface area contributed by atoms with Gasteiger partial charge in [-0.25, -0.2) is 0 Å². The molecule has 1 heteroatoms. The molecule has 56 valence electrons. The van der Waals surface area contributed by atoms with Gasteiger partial charge >= 0.3 is 0 Å². The van der Waals surface area contributed by atoms with Crippen LogP contribution in [-0.4, -0.2) is 13.1 Å². The molecule has 1 aliphatic rings. The van der Waals surface area contributed by atoms with Gasteiger partial charge in [0.2, 0.25) is 0 Å². The Kier molecular flexibility index (Phi) is 3.23. The van der Waals surface area contributed by atoms with E-state index in [-0.39, 0.29) is 0 Å². The number of hydrogen-bond acceptors (Lipinski definition) is 1. The summed E-state index contributed by atoms with van der Waals surface area (Å²) in [5.41, 5.74) is 1.58. The number of nitrogens with one attached hydrogen (secondary N) is 1. The molecule has 0 unspecified atom stereocenters. The Labute approximate surface area is 62.8 Å². The third-order valence-electron chi connectivity index (χ3n) is 1.77. The molecule has 1 saturated heterocycles. The zero-order valence-corrected chi connectivity index (χ0v) is 6.56. The minimum absolute atomic E-state index is 1.16. The normalized spacial score (nSPS) is 19.9. The van der Waals surface area contributed by atoms with Gasteiger partial charge in [-0.15, -0.1) is 0 Å². The van der Waals surface area contributed by atoms with E-state index in [0.717, 1.165) is 13.1 Å². The summed E-state index contributed by atoms with van der Waals surface area (Å²) in [4.78, 5) is 0. The van der Waals surface area contributed by atoms with Gasteiger partial charge in [0.25, 0.3) is 0 Å². The standard InChI is InChI=1S/C9H15N/c1-2-3-4-9-5-7-10-8-6-9/h2-4,10H,5-8H2,1H3/b3-2+. The van der Waals surface area contributed by atoms with Crippen LogP contribution < -0.4 is 5.32 Å². The van der Waals surface area contributed by atoms with Crippen LogP contribution in [0.1, 0.15) is 19.8 Å². The molecular formula is C9H15N. The lowest BCUT2D eigenvalue weighted by atomic mass is 10.1. The van der Waals surface area contributed by atoms with Crippen molar-refractivity contribution in [1.82, 2.24) is 5.32 Å². The Morgan fingerprint density at radius 2 is 2.00 bits per heavy atom. The summed E-state index contributed by atoms with van der Waals surface area (Å²) in [6.45, 7) is 4.37. The molecule has 0 aromatic carbocycles. The minimum Gasteiger partial charge on any atom is -0.316 e. The predicted octanol–water partition coefficient (Wildman–Crippen LogP) is 1.87. The molecule has 0 radical (unpaired) electrons. The molecule has 0 aromatic heterocycles. The summed E-state index contributed by atoms with van der Waals surface area (Å²) in [6.07, 6.45) is 8.89. The first-order chi connectivity index (χ1) is 4.93. The fraction of sp³-hybridized carbons (Fsp3) is 0.556. The first-order valence-electron chi connectivity index (χ1n) is 3.95. The third kappa shape index (κ3) is 2.36. The Bertz CT molecular complexity index is 137. The highest BCUT2D eigenvalue weighted by molar-refractivity contribution is 5.13. The Morgan fingerprint density at radius 3 is 2.60 bits per heavy atom. The summed E-state index contributed by atoms with van der Waals surface area (Å²) in [7, 11) is 0. The van der Waals surface area contributed by atoms with Crippen LogP contribution in [0, 0.1) is 0 Å². The van der Waals surface area contributed by atoms with Gasteiger partial charge in [0.1, 0.15) is 0 Å². The molecule has 1 N–H and O–H groups in total. The second kappa shape index (κ2) is 4.29. The van der Waals surface area contributed by atoms with Crippen LogP contribution in [0.3, 0.4) is 0 Å². The summed E-state index contributed by atoms with van der Waals surface area (Å²) in [6, 6.07) is 0. The van der Waals surface area contributed by atoms with Gasteiger partial charge in [0.15, 0.2) is 0 Å². The molecule has 1 nitrogen and oxygen atoms in total. The largest absolute Gasteiger partial charge is 0.316 e. The highest BCUT2D eigenvalue weighted by atomic mass is 14.9. The second-order valence-electron chi connectivity index (χ2n) is 2.60. The van der Waals surface area contributed by atoms with Crippen LogP contribution in [0.25, 0.3) is 0 Å². The van der Waals surface area contributed by atoms with Crippen molar-refractivity contribution >= 4 is 0 Å². The van der Waals surface area contributed by atoms with Crippen LogP contribution in [0.5, 0.6) is 0 Å². The van der Waals surface area contributed by atoms with Crippen molar-refractivity contribution in [2.45, 2.75) is 19.8 Å². The van der Waals surface area contributed by atoms with Crippen LogP contribution in [0.2, 0.25) is 0 Å². The van der Waals surface area contributed by atoms with Crippen molar-refractivity contribution in [2.24, 2.45) is 0 Å². The summed E-state index contributed by atoms with van der Waals surface area (Å²) in [5.74, 6) is 0. The van der Waals surface area contributed by atoms with Crippen LogP contribution >= 0.6 is 0 Å². The average Bonchev–Trinajstić information content (AvgIpc) is 2.03. The predicted molar refractivity (Wildman–Crippen MR) is 45.0 cm³/mol. The highest BCUT2D eigenvalue weighted by Gasteiger charge is 2.01. The van der Waals surface area contributed by atoms with Crippen molar-refractivity contribution in [3.05, 3.63) is 23.8 Å². The molecule has 1 heterocycles. The summed E-state index contributed by atoms with van der Waals surface area (Å²) < 4.78 is 0. The van der Waals surface area contributed by atoms with E-state index in [1.807, 2.05) is 0 Å². The zero-order valence-electron chi connectivity index (χ0n) is 6.56. The second-order valence-corrected chi connectivity index (χ2v) is 2.60. The molecule has 1 fully saturated rings. The average molecular weight is 137 g/mol. The van der Waals surface area contributed by atoms with Gasteiger partial charge in [-0.05, 0) is 32.9 Å². The monoisotopic (exact) mass is 137 g/mol. The van der Waals surface area contributed by atoms with Crippen LogP contribution in [-0.2, 0) is 0 Å².